The molecule has 0 aliphatic carbocycles. The van der Waals surface area contributed by atoms with Crippen LogP contribution in [-0.4, -0.2) is 22.5 Å². The Hall–Kier alpha value is -0.450. The number of ether oxygens (including phenoxy) is 1. The third-order valence-corrected chi connectivity index (χ3v) is 5.40. The molecule has 0 radical (unpaired) electrons. The lowest BCUT2D eigenvalue weighted by Crippen LogP contribution is -2.10. The number of para-hydroxylation sites is 1. The molecule has 1 aromatic carbocycles. The summed E-state index contributed by atoms with van der Waals surface area (Å²) in [6.45, 7) is 0.954. The molecule has 0 N–H and O–H groups in total. The first kappa shape index (κ1) is 13.5. The van der Waals surface area contributed by atoms with Gasteiger partial charge in [-0.05, 0) is 37.8 Å². The highest BCUT2D eigenvalue weighted by Crippen LogP contribution is 2.26. The van der Waals surface area contributed by atoms with Crippen LogP contribution in [0.4, 0.5) is 0 Å². The molecule has 4 heteroatoms. The minimum atomic E-state index is 0.496. The maximum Gasteiger partial charge on any atom is 0.0949 e. The van der Waals surface area contributed by atoms with E-state index in [0.717, 1.165) is 18.5 Å². The molecular weight excluding hydrogens is 322 g/mol. The van der Waals surface area contributed by atoms with Crippen LogP contribution in [0.3, 0.4) is 0 Å². The van der Waals surface area contributed by atoms with Crippen molar-refractivity contribution in [2.45, 2.75) is 43.0 Å². The number of benzene rings is 1. The van der Waals surface area contributed by atoms with E-state index in [-0.39, 0.29) is 0 Å². The summed E-state index contributed by atoms with van der Waals surface area (Å²) < 4.78 is 6.96. The molecule has 2 heterocycles. The molecule has 19 heavy (non-hydrogen) atoms. The Labute approximate surface area is 126 Å². The van der Waals surface area contributed by atoms with Crippen LogP contribution < -0.4 is 0 Å². The minimum Gasteiger partial charge on any atom is -0.378 e. The first-order chi connectivity index (χ1) is 9.31. The molecule has 2 atom stereocenters. The van der Waals surface area contributed by atoms with Crippen LogP contribution >= 0.6 is 27.3 Å². The van der Waals surface area contributed by atoms with Gasteiger partial charge in [0.2, 0.25) is 0 Å². The Balaban J connectivity index is 1.54. The monoisotopic (exact) mass is 339 g/mol. The van der Waals surface area contributed by atoms with Gasteiger partial charge in [-0.3, -0.25) is 0 Å². The smallest absolute Gasteiger partial charge is 0.0949 e. The van der Waals surface area contributed by atoms with E-state index in [1.807, 2.05) is 11.3 Å². The highest BCUT2D eigenvalue weighted by atomic mass is 79.9. The van der Waals surface area contributed by atoms with Gasteiger partial charge in [0.25, 0.3) is 0 Å². The maximum atomic E-state index is 5.67. The maximum absolute atomic E-state index is 5.67. The molecule has 0 saturated carbocycles. The highest BCUT2D eigenvalue weighted by molar-refractivity contribution is 9.09. The minimum absolute atomic E-state index is 0.496. The van der Waals surface area contributed by atoms with Gasteiger partial charge >= 0.3 is 0 Å². The van der Waals surface area contributed by atoms with Gasteiger partial charge in [0.15, 0.2) is 0 Å². The molecule has 102 valence electrons. The number of alkyl halides is 1. The van der Waals surface area contributed by atoms with Gasteiger partial charge in [0, 0.05) is 17.9 Å². The molecule has 1 aliphatic heterocycles. The summed E-state index contributed by atoms with van der Waals surface area (Å²) in [6, 6.07) is 8.36. The first-order valence-electron chi connectivity index (χ1n) is 6.91. The SMILES string of the molecule is BrC(CCC1CCCO1)Cc1nc2ccccc2s1. The van der Waals surface area contributed by atoms with Crippen molar-refractivity contribution in [3.05, 3.63) is 29.3 Å². The molecule has 1 aliphatic rings. The Kier molecular flexibility index (Phi) is 4.51. The largest absolute Gasteiger partial charge is 0.378 e. The lowest BCUT2D eigenvalue weighted by Gasteiger charge is -2.12. The molecule has 0 amide bonds. The Morgan fingerprint density at radius 3 is 3.11 bits per heavy atom. The predicted octanol–water partition coefficient (Wildman–Crippen LogP) is 4.56. The molecule has 2 nitrogen and oxygen atoms in total. The lowest BCUT2D eigenvalue weighted by molar-refractivity contribution is 0.102. The standard InChI is InChI=1S/C15H18BrNOS/c16-11(7-8-12-4-3-9-18-12)10-15-17-13-5-1-2-6-14(13)19-15/h1-2,5-6,11-12H,3-4,7-10H2. The number of hydrogen-bond acceptors (Lipinski definition) is 3. The molecule has 0 bridgehead atoms. The van der Waals surface area contributed by atoms with E-state index >= 15 is 0 Å². The van der Waals surface area contributed by atoms with E-state index < -0.39 is 0 Å². The summed E-state index contributed by atoms with van der Waals surface area (Å²) in [4.78, 5) is 5.20. The van der Waals surface area contributed by atoms with Crippen molar-refractivity contribution in [3.8, 4) is 0 Å². The molecule has 3 rings (SSSR count). The van der Waals surface area contributed by atoms with Crippen molar-refractivity contribution >= 4 is 37.5 Å². The van der Waals surface area contributed by atoms with E-state index in [4.69, 9.17) is 4.74 Å². The number of aromatic nitrogens is 1. The molecule has 0 spiro atoms. The average Bonchev–Trinajstić information content (AvgIpc) is 3.04. The van der Waals surface area contributed by atoms with E-state index in [9.17, 15) is 0 Å². The Morgan fingerprint density at radius 1 is 1.42 bits per heavy atom. The van der Waals surface area contributed by atoms with Crippen LogP contribution in [-0.2, 0) is 11.2 Å². The molecule has 2 aromatic rings. The quantitative estimate of drug-likeness (QED) is 0.745. The van der Waals surface area contributed by atoms with E-state index in [1.54, 1.807) is 0 Å². The van der Waals surface area contributed by atoms with Crippen molar-refractivity contribution in [2.24, 2.45) is 0 Å². The summed E-state index contributed by atoms with van der Waals surface area (Å²) >= 11 is 5.60. The number of hydrogen-bond donors (Lipinski definition) is 0. The lowest BCUT2D eigenvalue weighted by atomic mass is 10.1. The van der Waals surface area contributed by atoms with Crippen LogP contribution in [0, 0.1) is 0 Å². The van der Waals surface area contributed by atoms with Gasteiger partial charge in [-0.15, -0.1) is 11.3 Å². The van der Waals surface area contributed by atoms with E-state index in [0.29, 0.717) is 10.9 Å². The molecular formula is C15H18BrNOS. The van der Waals surface area contributed by atoms with Crippen molar-refractivity contribution in [3.63, 3.8) is 0 Å². The van der Waals surface area contributed by atoms with Crippen molar-refractivity contribution < 1.29 is 4.74 Å². The molecule has 1 fully saturated rings. The van der Waals surface area contributed by atoms with Crippen LogP contribution in [0.15, 0.2) is 24.3 Å². The Morgan fingerprint density at radius 2 is 2.32 bits per heavy atom. The van der Waals surface area contributed by atoms with Crippen molar-refractivity contribution in [1.82, 2.24) is 4.98 Å². The first-order valence-corrected chi connectivity index (χ1v) is 8.64. The predicted molar refractivity (Wildman–Crippen MR) is 84.2 cm³/mol. The summed E-state index contributed by atoms with van der Waals surface area (Å²) in [7, 11) is 0. The fourth-order valence-electron chi connectivity index (χ4n) is 2.54. The summed E-state index contributed by atoms with van der Waals surface area (Å²) in [5.41, 5.74) is 1.13. The highest BCUT2D eigenvalue weighted by Gasteiger charge is 2.17. The Bertz CT molecular complexity index is 503. The summed E-state index contributed by atoms with van der Waals surface area (Å²) in [5, 5.41) is 1.23. The number of fused-ring (bicyclic) bond motifs is 1. The normalized spacial score (nSPS) is 21.0. The van der Waals surface area contributed by atoms with Gasteiger partial charge in [-0.2, -0.15) is 0 Å². The zero-order valence-corrected chi connectivity index (χ0v) is 13.3. The second kappa shape index (κ2) is 6.33. The zero-order chi connectivity index (χ0) is 13.1. The number of rotatable bonds is 5. The van der Waals surface area contributed by atoms with E-state index in [2.05, 4.69) is 45.2 Å². The van der Waals surface area contributed by atoms with Crippen molar-refractivity contribution in [2.75, 3.05) is 6.61 Å². The van der Waals surface area contributed by atoms with Crippen LogP contribution in [0.25, 0.3) is 10.2 Å². The summed E-state index contributed by atoms with van der Waals surface area (Å²) in [6.07, 6.45) is 6.32. The van der Waals surface area contributed by atoms with Gasteiger partial charge in [0.1, 0.15) is 0 Å². The second-order valence-electron chi connectivity index (χ2n) is 5.09. The van der Waals surface area contributed by atoms with Crippen LogP contribution in [0.2, 0.25) is 0 Å². The van der Waals surface area contributed by atoms with Gasteiger partial charge in [-0.1, -0.05) is 28.1 Å². The molecule has 1 aromatic heterocycles. The van der Waals surface area contributed by atoms with Crippen molar-refractivity contribution in [1.29, 1.82) is 0 Å². The molecule has 2 unspecified atom stereocenters. The van der Waals surface area contributed by atoms with Gasteiger partial charge < -0.3 is 4.74 Å². The van der Waals surface area contributed by atoms with E-state index in [1.165, 1.54) is 35.4 Å². The third kappa shape index (κ3) is 3.56. The third-order valence-electron chi connectivity index (χ3n) is 3.56. The van der Waals surface area contributed by atoms with Crippen LogP contribution in [0.1, 0.15) is 30.7 Å². The van der Waals surface area contributed by atoms with Gasteiger partial charge in [-0.25, -0.2) is 4.98 Å². The number of halogens is 1. The topological polar surface area (TPSA) is 22.1 Å². The average molecular weight is 340 g/mol. The van der Waals surface area contributed by atoms with Crippen LogP contribution in [0.5, 0.6) is 0 Å². The molecule has 1 saturated heterocycles. The number of thiazole rings is 1. The second-order valence-corrected chi connectivity index (χ2v) is 7.50. The zero-order valence-electron chi connectivity index (χ0n) is 10.8. The summed E-state index contributed by atoms with van der Waals surface area (Å²) in [5.74, 6) is 0. The fourth-order valence-corrected chi connectivity index (χ4v) is 4.37. The fraction of sp³-hybridized carbons (Fsp3) is 0.533. The number of nitrogens with zero attached hydrogens (tertiary/aromatic N) is 1. The van der Waals surface area contributed by atoms with Gasteiger partial charge in [0.05, 0.1) is 21.3 Å².